The number of fused-ring (bicyclic) bond motifs is 3. The molecule has 3 aromatic rings. The minimum atomic E-state index is 0. The number of para-hydroxylation sites is 1. The Balaban J connectivity index is 0.00000192. The SMILES string of the molecule is CCn1c2ccccc2c2cc(CNCCCOC)ccc21.Cl. The van der Waals surface area contributed by atoms with Gasteiger partial charge in [0.25, 0.3) is 0 Å². The molecule has 0 unspecified atom stereocenters. The van der Waals surface area contributed by atoms with E-state index in [1.54, 1.807) is 7.11 Å². The van der Waals surface area contributed by atoms with Crippen LogP contribution in [-0.2, 0) is 17.8 Å². The van der Waals surface area contributed by atoms with Crippen LogP contribution in [0.4, 0.5) is 0 Å². The molecule has 0 aliphatic rings. The van der Waals surface area contributed by atoms with Crippen molar-refractivity contribution in [3.8, 4) is 0 Å². The highest BCUT2D eigenvalue weighted by Gasteiger charge is 2.09. The molecule has 0 amide bonds. The molecular weight excluding hydrogens is 308 g/mol. The van der Waals surface area contributed by atoms with Crippen molar-refractivity contribution < 1.29 is 4.74 Å². The predicted molar refractivity (Wildman–Crippen MR) is 101 cm³/mol. The zero-order chi connectivity index (χ0) is 15.4. The maximum atomic E-state index is 5.07. The summed E-state index contributed by atoms with van der Waals surface area (Å²) in [6, 6.07) is 15.5. The number of aromatic nitrogens is 1. The molecular formula is C19H25ClN2O. The third kappa shape index (κ3) is 3.69. The highest BCUT2D eigenvalue weighted by molar-refractivity contribution is 6.08. The van der Waals surface area contributed by atoms with Gasteiger partial charge in [-0.05, 0) is 43.7 Å². The Morgan fingerprint density at radius 1 is 1.04 bits per heavy atom. The van der Waals surface area contributed by atoms with Crippen molar-refractivity contribution in [2.24, 2.45) is 0 Å². The summed E-state index contributed by atoms with van der Waals surface area (Å²) in [5.74, 6) is 0. The fourth-order valence-electron chi connectivity index (χ4n) is 3.13. The second-order valence-electron chi connectivity index (χ2n) is 5.64. The van der Waals surface area contributed by atoms with Crippen LogP contribution in [0.1, 0.15) is 18.9 Å². The Labute approximate surface area is 144 Å². The minimum absolute atomic E-state index is 0. The van der Waals surface area contributed by atoms with Gasteiger partial charge in [-0.3, -0.25) is 0 Å². The summed E-state index contributed by atoms with van der Waals surface area (Å²) in [6.45, 7) is 5.92. The van der Waals surface area contributed by atoms with Gasteiger partial charge in [-0.15, -0.1) is 12.4 Å². The summed E-state index contributed by atoms with van der Waals surface area (Å²) in [6.07, 6.45) is 1.05. The first-order chi connectivity index (χ1) is 10.8. The van der Waals surface area contributed by atoms with Crippen molar-refractivity contribution in [2.45, 2.75) is 26.4 Å². The number of hydrogen-bond acceptors (Lipinski definition) is 2. The average molecular weight is 333 g/mol. The normalized spacial score (nSPS) is 11.0. The van der Waals surface area contributed by atoms with Crippen LogP contribution >= 0.6 is 12.4 Å². The smallest absolute Gasteiger partial charge is 0.0491 e. The number of halogens is 1. The monoisotopic (exact) mass is 332 g/mol. The van der Waals surface area contributed by atoms with E-state index in [1.807, 2.05) is 0 Å². The number of rotatable bonds is 7. The first-order valence-corrected chi connectivity index (χ1v) is 8.04. The van der Waals surface area contributed by atoms with Gasteiger partial charge in [0.05, 0.1) is 0 Å². The Bertz CT molecular complexity index is 766. The van der Waals surface area contributed by atoms with E-state index in [0.29, 0.717) is 0 Å². The van der Waals surface area contributed by atoms with Crippen LogP contribution in [0.3, 0.4) is 0 Å². The lowest BCUT2D eigenvalue weighted by Crippen LogP contribution is -2.16. The Morgan fingerprint density at radius 2 is 1.83 bits per heavy atom. The fraction of sp³-hybridized carbons (Fsp3) is 0.368. The molecule has 0 saturated heterocycles. The van der Waals surface area contributed by atoms with Gasteiger partial charge in [-0.1, -0.05) is 24.3 Å². The number of nitrogens with one attached hydrogen (secondary N) is 1. The summed E-state index contributed by atoms with van der Waals surface area (Å²) in [7, 11) is 1.75. The van der Waals surface area contributed by atoms with Gasteiger partial charge in [0.15, 0.2) is 0 Å². The molecule has 0 spiro atoms. The number of methoxy groups -OCH3 is 1. The molecule has 0 atom stereocenters. The average Bonchev–Trinajstić information content (AvgIpc) is 2.88. The van der Waals surface area contributed by atoms with E-state index in [2.05, 4.69) is 59.3 Å². The van der Waals surface area contributed by atoms with Crippen molar-refractivity contribution in [1.82, 2.24) is 9.88 Å². The molecule has 124 valence electrons. The largest absolute Gasteiger partial charge is 0.385 e. The Hall–Kier alpha value is -1.55. The van der Waals surface area contributed by atoms with Gasteiger partial charge in [-0.2, -0.15) is 0 Å². The van der Waals surface area contributed by atoms with Crippen LogP contribution in [0.2, 0.25) is 0 Å². The molecule has 1 N–H and O–H groups in total. The number of nitrogens with zero attached hydrogens (tertiary/aromatic N) is 1. The maximum absolute atomic E-state index is 5.07. The molecule has 23 heavy (non-hydrogen) atoms. The molecule has 1 heterocycles. The fourth-order valence-corrected chi connectivity index (χ4v) is 3.13. The van der Waals surface area contributed by atoms with E-state index in [9.17, 15) is 0 Å². The van der Waals surface area contributed by atoms with Crippen molar-refractivity contribution in [3.63, 3.8) is 0 Å². The second kappa shape index (κ2) is 8.34. The number of benzene rings is 2. The van der Waals surface area contributed by atoms with Crippen LogP contribution in [0.25, 0.3) is 21.8 Å². The quantitative estimate of drug-likeness (QED) is 0.650. The maximum Gasteiger partial charge on any atom is 0.0491 e. The first kappa shape index (κ1) is 17.8. The molecule has 0 fully saturated rings. The van der Waals surface area contributed by atoms with Gasteiger partial charge in [0.2, 0.25) is 0 Å². The van der Waals surface area contributed by atoms with Crippen LogP contribution in [0.15, 0.2) is 42.5 Å². The van der Waals surface area contributed by atoms with Crippen molar-refractivity contribution >= 4 is 34.2 Å². The summed E-state index contributed by atoms with van der Waals surface area (Å²) in [5, 5.41) is 6.19. The second-order valence-corrected chi connectivity index (χ2v) is 5.64. The molecule has 0 aliphatic carbocycles. The highest BCUT2D eigenvalue weighted by atomic mass is 35.5. The third-order valence-electron chi connectivity index (χ3n) is 4.18. The molecule has 1 aromatic heterocycles. The summed E-state index contributed by atoms with van der Waals surface area (Å²) in [5.41, 5.74) is 3.99. The van der Waals surface area contributed by atoms with Crippen LogP contribution in [0.5, 0.6) is 0 Å². The third-order valence-corrected chi connectivity index (χ3v) is 4.18. The topological polar surface area (TPSA) is 26.2 Å². The predicted octanol–water partition coefficient (Wildman–Crippen LogP) is 4.36. The standard InChI is InChI=1S/C19H24N2O.ClH/c1-3-21-18-8-5-4-7-16(18)17-13-15(9-10-19(17)21)14-20-11-6-12-22-2;/h4-5,7-10,13,20H,3,6,11-12,14H2,1-2H3;1H. The highest BCUT2D eigenvalue weighted by Crippen LogP contribution is 2.29. The van der Waals surface area contributed by atoms with Crippen LogP contribution < -0.4 is 5.32 Å². The van der Waals surface area contributed by atoms with Gasteiger partial charge in [0.1, 0.15) is 0 Å². The molecule has 0 bridgehead atoms. The van der Waals surface area contributed by atoms with Crippen molar-refractivity contribution in [3.05, 3.63) is 48.0 Å². The van der Waals surface area contributed by atoms with E-state index >= 15 is 0 Å². The van der Waals surface area contributed by atoms with E-state index in [1.165, 1.54) is 27.4 Å². The lowest BCUT2D eigenvalue weighted by atomic mass is 10.1. The number of ether oxygens (including phenoxy) is 1. The lowest BCUT2D eigenvalue weighted by Gasteiger charge is -2.06. The lowest BCUT2D eigenvalue weighted by molar-refractivity contribution is 0.194. The van der Waals surface area contributed by atoms with Gasteiger partial charge in [-0.25, -0.2) is 0 Å². The summed E-state index contributed by atoms with van der Waals surface area (Å²) < 4.78 is 7.46. The number of hydrogen-bond donors (Lipinski definition) is 1. The van der Waals surface area contributed by atoms with Crippen molar-refractivity contribution in [2.75, 3.05) is 20.3 Å². The molecule has 0 aliphatic heterocycles. The zero-order valence-electron chi connectivity index (χ0n) is 13.8. The van der Waals surface area contributed by atoms with Crippen LogP contribution in [0, 0.1) is 0 Å². The van der Waals surface area contributed by atoms with Crippen molar-refractivity contribution in [1.29, 1.82) is 0 Å². The van der Waals surface area contributed by atoms with E-state index in [4.69, 9.17) is 4.74 Å². The van der Waals surface area contributed by atoms with Gasteiger partial charge in [0, 0.05) is 48.6 Å². The molecule has 0 saturated carbocycles. The van der Waals surface area contributed by atoms with Gasteiger partial charge < -0.3 is 14.6 Å². The van der Waals surface area contributed by atoms with Crippen LogP contribution in [-0.4, -0.2) is 24.8 Å². The van der Waals surface area contributed by atoms with E-state index in [-0.39, 0.29) is 12.4 Å². The zero-order valence-corrected chi connectivity index (χ0v) is 14.7. The Kier molecular flexibility index (Phi) is 6.46. The number of aryl methyl sites for hydroxylation is 1. The van der Waals surface area contributed by atoms with E-state index < -0.39 is 0 Å². The minimum Gasteiger partial charge on any atom is -0.385 e. The van der Waals surface area contributed by atoms with Gasteiger partial charge >= 0.3 is 0 Å². The first-order valence-electron chi connectivity index (χ1n) is 8.04. The molecule has 3 rings (SSSR count). The molecule has 3 nitrogen and oxygen atoms in total. The molecule has 0 radical (unpaired) electrons. The van der Waals surface area contributed by atoms with E-state index in [0.717, 1.165) is 32.7 Å². The summed E-state index contributed by atoms with van der Waals surface area (Å²) in [4.78, 5) is 0. The summed E-state index contributed by atoms with van der Waals surface area (Å²) >= 11 is 0. The molecule has 4 heteroatoms. The Morgan fingerprint density at radius 3 is 2.61 bits per heavy atom. The molecule has 2 aromatic carbocycles.